The van der Waals surface area contributed by atoms with Crippen molar-refractivity contribution >= 4 is 54.6 Å². The Morgan fingerprint density at radius 1 is 0.750 bits per heavy atom. The lowest BCUT2D eigenvalue weighted by atomic mass is 10.1. The van der Waals surface area contributed by atoms with Gasteiger partial charge in [-0.2, -0.15) is 16.8 Å². The molecule has 0 spiro atoms. The molecule has 0 unspecified atom stereocenters. The molecule has 1 heterocycles. The minimum Gasteiger partial charge on any atom is -0.456 e. The van der Waals surface area contributed by atoms with Crippen molar-refractivity contribution < 1.29 is 30.4 Å². The first-order chi connectivity index (χ1) is 10.6. The first-order valence-corrected chi connectivity index (χ1v) is 8.91. The first kappa shape index (κ1) is 18.4. The van der Waals surface area contributed by atoms with E-state index in [4.69, 9.17) is 13.5 Å². The second-order valence-electron chi connectivity index (χ2n) is 4.70. The van der Waals surface area contributed by atoms with Gasteiger partial charge in [0.15, 0.2) is 0 Å². The van der Waals surface area contributed by atoms with E-state index < -0.39 is 35.5 Å². The molecule has 0 bridgehead atoms. The lowest BCUT2D eigenvalue weighted by molar-refractivity contribution is 0.481. The largest absolute Gasteiger partial charge is 0.456 e. The number of benzene rings is 2. The van der Waals surface area contributed by atoms with Crippen molar-refractivity contribution in [1.82, 2.24) is 0 Å². The Morgan fingerprint density at radius 3 is 1.46 bits per heavy atom. The summed E-state index contributed by atoms with van der Waals surface area (Å²) in [6.45, 7) is 0. The molecule has 2 N–H and O–H groups in total. The van der Waals surface area contributed by atoms with Crippen LogP contribution in [0.25, 0.3) is 21.9 Å². The summed E-state index contributed by atoms with van der Waals surface area (Å²) >= 11 is 0. The van der Waals surface area contributed by atoms with Crippen LogP contribution in [0.5, 0.6) is 0 Å². The van der Waals surface area contributed by atoms with E-state index >= 15 is 0 Å². The van der Waals surface area contributed by atoms with E-state index in [2.05, 4.69) is 0 Å². The van der Waals surface area contributed by atoms with Crippen LogP contribution in [0.1, 0.15) is 0 Å². The Balaban J connectivity index is 0.00000208. The van der Waals surface area contributed by atoms with E-state index in [0.29, 0.717) is 0 Å². The number of rotatable bonds is 2. The molecule has 0 amide bonds. The third-order valence-electron chi connectivity index (χ3n) is 3.21. The van der Waals surface area contributed by atoms with Crippen molar-refractivity contribution in [3.05, 3.63) is 46.6 Å². The molecule has 0 aliphatic rings. The average molecular weight is 393 g/mol. The molecule has 0 fully saturated rings. The van der Waals surface area contributed by atoms with Crippen LogP contribution in [0.15, 0.2) is 55.4 Å². The molecule has 128 valence electrons. The Hall–Kier alpha value is -1.98. The van der Waals surface area contributed by atoms with Gasteiger partial charge in [-0.25, -0.2) is 0 Å². The Labute approximate surface area is 141 Å². The van der Waals surface area contributed by atoms with Gasteiger partial charge in [-0.05, 0) is 36.4 Å². The summed E-state index contributed by atoms with van der Waals surface area (Å²) in [5.74, 6) is 0. The molecule has 24 heavy (non-hydrogen) atoms. The second kappa shape index (κ2) is 5.83. The zero-order valence-corrected chi connectivity index (χ0v) is 14.0. The van der Waals surface area contributed by atoms with Crippen molar-refractivity contribution in [3.63, 3.8) is 0 Å². The van der Waals surface area contributed by atoms with Crippen molar-refractivity contribution in [1.29, 1.82) is 0 Å². The fraction of sp³-hybridized carbons (Fsp3) is 0. The molecule has 2 aromatic carbocycles. The number of halogens is 1. The monoisotopic (exact) mass is 392 g/mol. The topological polar surface area (TPSA) is 139 Å². The minimum absolute atomic E-state index is 0. The van der Waals surface area contributed by atoms with Crippen LogP contribution < -0.4 is 5.43 Å². The molecule has 0 saturated heterocycles. The van der Waals surface area contributed by atoms with Crippen LogP contribution in [0.4, 0.5) is 0 Å². The third-order valence-corrected chi connectivity index (χ3v) is 4.91. The first-order valence-electron chi connectivity index (χ1n) is 6.03. The van der Waals surface area contributed by atoms with Gasteiger partial charge in [0, 0.05) is 0 Å². The Morgan fingerprint density at radius 2 is 1.12 bits per heavy atom. The standard InChI is InChI=1S/C13H8O8S2.ClH/c14-13-9-5-7(22(15,16)17)1-3-11(9)21-12-4-2-8(6-10(12)13)23(18,19)20;/h1-6H,(H,15,16,17)(H,18,19,20);1H. The Bertz CT molecular complexity index is 1130. The lowest BCUT2D eigenvalue weighted by Gasteiger charge is -2.04. The van der Waals surface area contributed by atoms with Gasteiger partial charge in [-0.1, -0.05) is 0 Å². The number of fused-ring (bicyclic) bond motifs is 2. The summed E-state index contributed by atoms with van der Waals surface area (Å²) in [5.41, 5.74) is -0.568. The summed E-state index contributed by atoms with van der Waals surface area (Å²) in [6.07, 6.45) is 0. The molecule has 0 saturated carbocycles. The summed E-state index contributed by atoms with van der Waals surface area (Å²) in [6, 6.07) is 6.40. The fourth-order valence-corrected chi connectivity index (χ4v) is 3.15. The van der Waals surface area contributed by atoms with Crippen molar-refractivity contribution in [2.24, 2.45) is 0 Å². The number of hydrogen-bond donors (Lipinski definition) is 2. The van der Waals surface area contributed by atoms with E-state index in [-0.39, 0.29) is 34.3 Å². The van der Waals surface area contributed by atoms with Crippen molar-refractivity contribution in [2.45, 2.75) is 9.79 Å². The van der Waals surface area contributed by atoms with E-state index in [0.717, 1.165) is 24.3 Å². The maximum Gasteiger partial charge on any atom is 0.294 e. The molecule has 8 nitrogen and oxygen atoms in total. The molecule has 3 aromatic rings. The summed E-state index contributed by atoms with van der Waals surface area (Å²) in [4.78, 5) is 11.4. The average Bonchev–Trinajstić information content (AvgIpc) is 2.45. The van der Waals surface area contributed by atoms with Gasteiger partial charge >= 0.3 is 0 Å². The van der Waals surface area contributed by atoms with E-state index in [1.165, 1.54) is 12.1 Å². The normalized spacial score (nSPS) is 12.2. The highest BCUT2D eigenvalue weighted by Gasteiger charge is 2.16. The molecular weight excluding hydrogens is 384 g/mol. The van der Waals surface area contributed by atoms with Gasteiger partial charge in [0.05, 0.1) is 20.6 Å². The third kappa shape index (κ3) is 3.14. The number of hydrogen-bond acceptors (Lipinski definition) is 6. The van der Waals surface area contributed by atoms with Gasteiger partial charge in [0.25, 0.3) is 20.2 Å². The zero-order valence-electron chi connectivity index (χ0n) is 11.5. The second-order valence-corrected chi connectivity index (χ2v) is 7.54. The lowest BCUT2D eigenvalue weighted by Crippen LogP contribution is -2.06. The van der Waals surface area contributed by atoms with E-state index in [1.807, 2.05) is 0 Å². The fourth-order valence-electron chi connectivity index (χ4n) is 2.14. The summed E-state index contributed by atoms with van der Waals surface area (Å²) < 4.78 is 68.1. The molecule has 0 aliphatic carbocycles. The van der Waals surface area contributed by atoms with Gasteiger partial charge in [0.2, 0.25) is 5.43 Å². The molecule has 1 aromatic heterocycles. The Kier molecular flexibility index (Phi) is 4.46. The predicted molar refractivity (Wildman–Crippen MR) is 86.9 cm³/mol. The SMILES string of the molecule is Cl.O=c1c2cc(S(=O)(=O)O)ccc2oc2ccc(S(=O)(=O)O)cc12. The van der Waals surface area contributed by atoms with Crippen LogP contribution in [0.2, 0.25) is 0 Å². The quantitative estimate of drug-likeness (QED) is 0.497. The van der Waals surface area contributed by atoms with Crippen molar-refractivity contribution in [2.75, 3.05) is 0 Å². The maximum atomic E-state index is 12.4. The van der Waals surface area contributed by atoms with Gasteiger partial charge in [-0.3, -0.25) is 13.9 Å². The van der Waals surface area contributed by atoms with Crippen LogP contribution in [-0.4, -0.2) is 25.9 Å². The minimum atomic E-state index is -4.51. The smallest absolute Gasteiger partial charge is 0.294 e. The predicted octanol–water partition coefficient (Wildman–Crippen LogP) is 1.86. The molecule has 0 radical (unpaired) electrons. The maximum absolute atomic E-state index is 12.4. The van der Waals surface area contributed by atoms with E-state index in [1.54, 1.807) is 0 Å². The van der Waals surface area contributed by atoms with Crippen LogP contribution in [-0.2, 0) is 20.2 Å². The van der Waals surface area contributed by atoms with Crippen LogP contribution in [0.3, 0.4) is 0 Å². The molecule has 0 atom stereocenters. The highest BCUT2D eigenvalue weighted by Crippen LogP contribution is 2.23. The molecule has 11 heteroatoms. The van der Waals surface area contributed by atoms with Gasteiger partial charge < -0.3 is 4.42 Å². The highest BCUT2D eigenvalue weighted by atomic mass is 35.5. The molecule has 3 rings (SSSR count). The zero-order chi connectivity index (χ0) is 17.0. The van der Waals surface area contributed by atoms with Gasteiger partial charge in [-0.15, -0.1) is 12.4 Å². The molecular formula is C13H9ClO8S2. The van der Waals surface area contributed by atoms with Gasteiger partial charge in [0.1, 0.15) is 11.2 Å². The van der Waals surface area contributed by atoms with Crippen LogP contribution in [0, 0.1) is 0 Å². The summed E-state index contributed by atoms with van der Waals surface area (Å²) in [7, 11) is -9.02. The van der Waals surface area contributed by atoms with Crippen LogP contribution >= 0.6 is 12.4 Å². The van der Waals surface area contributed by atoms with Crippen molar-refractivity contribution in [3.8, 4) is 0 Å². The van der Waals surface area contributed by atoms with E-state index in [9.17, 15) is 21.6 Å². The highest BCUT2D eigenvalue weighted by molar-refractivity contribution is 7.86. The summed E-state index contributed by atoms with van der Waals surface area (Å²) in [5, 5.41) is -0.305. The molecule has 0 aliphatic heterocycles.